The molecule has 180 valence electrons. The molecule has 2 aliphatic rings. The molecule has 2 aliphatic carbocycles. The molecule has 0 saturated heterocycles. The average molecular weight is 467 g/mol. The fraction of sp³-hybridized carbons (Fsp3) is 0.423. The molecule has 1 unspecified atom stereocenters. The molecule has 0 aromatic heterocycles. The van der Waals surface area contributed by atoms with Crippen molar-refractivity contribution < 1.29 is 29.3 Å². The molecule has 8 nitrogen and oxygen atoms in total. The van der Waals surface area contributed by atoms with E-state index >= 15 is 0 Å². The van der Waals surface area contributed by atoms with Crippen molar-refractivity contribution in [3.05, 3.63) is 59.7 Å². The van der Waals surface area contributed by atoms with Gasteiger partial charge in [0.25, 0.3) is 0 Å². The van der Waals surface area contributed by atoms with E-state index < -0.39 is 17.7 Å². The molecule has 4 rings (SSSR count). The van der Waals surface area contributed by atoms with E-state index in [2.05, 4.69) is 34.9 Å². The first kappa shape index (κ1) is 23.8. The van der Waals surface area contributed by atoms with Crippen molar-refractivity contribution in [1.82, 2.24) is 10.6 Å². The minimum Gasteiger partial charge on any atom is -0.479 e. The lowest BCUT2D eigenvalue weighted by Gasteiger charge is -2.29. The van der Waals surface area contributed by atoms with Gasteiger partial charge in [0.15, 0.2) is 5.60 Å². The Bertz CT molecular complexity index is 1040. The van der Waals surface area contributed by atoms with Crippen LogP contribution >= 0.6 is 0 Å². The summed E-state index contributed by atoms with van der Waals surface area (Å²) in [5.74, 6) is -2.10. The van der Waals surface area contributed by atoms with E-state index in [0.29, 0.717) is 12.8 Å². The van der Waals surface area contributed by atoms with Crippen LogP contribution in [-0.4, -0.2) is 53.0 Å². The maximum absolute atomic E-state index is 12.6. The first-order chi connectivity index (χ1) is 16.3. The maximum Gasteiger partial charge on any atom is 0.407 e. The number of rotatable bonds is 7. The number of alkyl carbamates (subject to hydrolysis) is 1. The number of hydrogen-bond acceptors (Lipinski definition) is 5. The van der Waals surface area contributed by atoms with Crippen LogP contribution in [0.4, 0.5) is 4.79 Å². The summed E-state index contributed by atoms with van der Waals surface area (Å²) in [6.07, 6.45) is 2.05. The summed E-state index contributed by atoms with van der Waals surface area (Å²) in [6.45, 7) is 0.987. The third-order valence-electron chi connectivity index (χ3n) is 6.78. The number of carbonyl (C=O) groups is 3. The number of hydrogen-bond donors (Lipinski definition) is 4. The molecule has 3 atom stereocenters. The smallest absolute Gasteiger partial charge is 0.407 e. The summed E-state index contributed by atoms with van der Waals surface area (Å²) in [5.41, 5.74) is 2.58. The number of carboxylic acid groups (broad SMARTS) is 1. The van der Waals surface area contributed by atoms with E-state index in [-0.39, 0.29) is 36.9 Å². The zero-order valence-corrected chi connectivity index (χ0v) is 19.1. The SMILES string of the molecule is CC(O)(CNC(=O)[C@@H]1CCC[C@H](NC(=O)OCC2c3ccccc3-c3ccccc32)C1)C(=O)O. The molecule has 0 spiro atoms. The van der Waals surface area contributed by atoms with Gasteiger partial charge in [-0.1, -0.05) is 55.0 Å². The Labute approximate surface area is 198 Å². The first-order valence-electron chi connectivity index (χ1n) is 11.6. The minimum absolute atomic E-state index is 0.0231. The number of carboxylic acids is 1. The van der Waals surface area contributed by atoms with E-state index in [0.717, 1.165) is 42.0 Å². The van der Waals surface area contributed by atoms with Gasteiger partial charge in [-0.15, -0.1) is 0 Å². The van der Waals surface area contributed by atoms with Crippen LogP contribution in [-0.2, 0) is 14.3 Å². The van der Waals surface area contributed by atoms with Crippen molar-refractivity contribution in [2.75, 3.05) is 13.2 Å². The second kappa shape index (κ2) is 9.85. The van der Waals surface area contributed by atoms with Crippen molar-refractivity contribution in [2.45, 2.75) is 50.2 Å². The Balaban J connectivity index is 1.30. The van der Waals surface area contributed by atoms with Crippen LogP contribution in [0.15, 0.2) is 48.5 Å². The lowest BCUT2D eigenvalue weighted by Crippen LogP contribution is -2.49. The molecule has 2 aromatic rings. The highest BCUT2D eigenvalue weighted by Gasteiger charge is 2.34. The number of fused-ring (bicyclic) bond motifs is 3. The van der Waals surface area contributed by atoms with Crippen molar-refractivity contribution in [3.8, 4) is 11.1 Å². The van der Waals surface area contributed by atoms with Crippen LogP contribution in [0, 0.1) is 5.92 Å². The number of carbonyl (C=O) groups excluding carboxylic acids is 2. The van der Waals surface area contributed by atoms with Gasteiger partial charge in [0.05, 0.1) is 6.54 Å². The number of aliphatic carboxylic acids is 1. The molecule has 0 aliphatic heterocycles. The Kier molecular flexibility index (Phi) is 6.88. The molecule has 34 heavy (non-hydrogen) atoms. The zero-order valence-electron chi connectivity index (χ0n) is 19.1. The van der Waals surface area contributed by atoms with Gasteiger partial charge in [0.1, 0.15) is 6.61 Å². The van der Waals surface area contributed by atoms with Crippen molar-refractivity contribution in [3.63, 3.8) is 0 Å². The van der Waals surface area contributed by atoms with Crippen molar-refractivity contribution in [1.29, 1.82) is 0 Å². The van der Waals surface area contributed by atoms with E-state index in [1.165, 1.54) is 0 Å². The summed E-state index contributed by atoms with van der Waals surface area (Å²) in [5, 5.41) is 24.2. The molecule has 0 radical (unpaired) electrons. The minimum atomic E-state index is -2.02. The predicted molar refractivity (Wildman–Crippen MR) is 125 cm³/mol. The lowest BCUT2D eigenvalue weighted by atomic mass is 9.85. The second-order valence-electron chi connectivity index (χ2n) is 9.33. The van der Waals surface area contributed by atoms with E-state index in [4.69, 9.17) is 9.84 Å². The van der Waals surface area contributed by atoms with Gasteiger partial charge in [0.2, 0.25) is 5.91 Å². The summed E-state index contributed by atoms with van der Waals surface area (Å²) >= 11 is 0. The van der Waals surface area contributed by atoms with Crippen LogP contribution < -0.4 is 10.6 Å². The topological polar surface area (TPSA) is 125 Å². The van der Waals surface area contributed by atoms with Gasteiger partial charge in [-0.25, -0.2) is 9.59 Å². The Morgan fingerprint density at radius 1 is 1.03 bits per heavy atom. The number of ether oxygens (including phenoxy) is 1. The molecule has 2 aromatic carbocycles. The fourth-order valence-electron chi connectivity index (χ4n) is 4.84. The highest BCUT2D eigenvalue weighted by Crippen LogP contribution is 2.44. The molecule has 2 amide bonds. The highest BCUT2D eigenvalue weighted by molar-refractivity contribution is 5.82. The normalized spacial score (nSPS) is 21.0. The van der Waals surface area contributed by atoms with Gasteiger partial charge in [-0.3, -0.25) is 4.79 Å². The van der Waals surface area contributed by atoms with E-state index in [1.807, 2.05) is 24.3 Å². The van der Waals surface area contributed by atoms with Gasteiger partial charge >= 0.3 is 12.1 Å². The summed E-state index contributed by atoms with van der Waals surface area (Å²) in [4.78, 5) is 36.1. The molecule has 8 heteroatoms. The number of benzene rings is 2. The van der Waals surface area contributed by atoms with Crippen LogP contribution in [0.1, 0.15) is 49.7 Å². The standard InChI is InChI=1S/C26H30N2O6/c1-26(33,24(30)31)15-27-23(29)16-7-6-8-17(13-16)28-25(32)34-14-22-20-11-4-2-9-18(20)19-10-3-5-12-21(19)22/h2-5,9-12,16-17,22,33H,6-8,13-15H2,1H3,(H,27,29)(H,28,32)(H,30,31)/t16-,17+,26?/m1/s1. The van der Waals surface area contributed by atoms with Crippen LogP contribution in [0.25, 0.3) is 11.1 Å². The summed E-state index contributed by atoms with van der Waals surface area (Å²) in [6, 6.07) is 16.1. The van der Waals surface area contributed by atoms with Gasteiger partial charge in [-0.05, 0) is 48.4 Å². The Morgan fingerprint density at radius 3 is 2.26 bits per heavy atom. The molecule has 1 saturated carbocycles. The number of nitrogens with one attached hydrogen (secondary N) is 2. The first-order valence-corrected chi connectivity index (χ1v) is 11.6. The summed E-state index contributed by atoms with van der Waals surface area (Å²) in [7, 11) is 0. The number of amides is 2. The maximum atomic E-state index is 12.6. The van der Waals surface area contributed by atoms with Crippen molar-refractivity contribution >= 4 is 18.0 Å². The van der Waals surface area contributed by atoms with Gasteiger partial charge in [0, 0.05) is 17.9 Å². The van der Waals surface area contributed by atoms with Crippen molar-refractivity contribution in [2.24, 2.45) is 5.92 Å². The fourth-order valence-corrected chi connectivity index (χ4v) is 4.84. The van der Waals surface area contributed by atoms with Crippen LogP contribution in [0.2, 0.25) is 0 Å². The van der Waals surface area contributed by atoms with Crippen LogP contribution in [0.5, 0.6) is 0 Å². The monoisotopic (exact) mass is 466 g/mol. The molecule has 0 heterocycles. The lowest BCUT2D eigenvalue weighted by molar-refractivity contribution is -0.156. The molecular weight excluding hydrogens is 436 g/mol. The highest BCUT2D eigenvalue weighted by atomic mass is 16.5. The third-order valence-corrected chi connectivity index (χ3v) is 6.78. The summed E-state index contributed by atoms with van der Waals surface area (Å²) < 4.78 is 5.61. The molecular formula is C26H30N2O6. The predicted octanol–water partition coefficient (Wildman–Crippen LogP) is 3.04. The zero-order chi connectivity index (χ0) is 24.3. The second-order valence-corrected chi connectivity index (χ2v) is 9.33. The van der Waals surface area contributed by atoms with Gasteiger partial charge in [-0.2, -0.15) is 0 Å². The molecule has 0 bridgehead atoms. The number of aliphatic hydroxyl groups is 1. The third kappa shape index (κ3) is 5.07. The Morgan fingerprint density at radius 2 is 1.65 bits per heavy atom. The molecule has 4 N–H and O–H groups in total. The van der Waals surface area contributed by atoms with Gasteiger partial charge < -0.3 is 25.6 Å². The quantitative estimate of drug-likeness (QED) is 0.497. The molecule has 1 fully saturated rings. The van der Waals surface area contributed by atoms with Crippen LogP contribution in [0.3, 0.4) is 0 Å². The Hall–Kier alpha value is -3.39. The largest absolute Gasteiger partial charge is 0.479 e. The average Bonchev–Trinajstić information content (AvgIpc) is 3.15. The van der Waals surface area contributed by atoms with E-state index in [9.17, 15) is 19.5 Å². The van der Waals surface area contributed by atoms with E-state index in [1.54, 1.807) is 0 Å².